The summed E-state index contributed by atoms with van der Waals surface area (Å²) in [6.45, 7) is 6.88. The Morgan fingerprint density at radius 3 is 1.79 bits per heavy atom. The third kappa shape index (κ3) is 14.1. The number of phenolic OH excluding ortho intramolecular Hbond substituents is 2. The molecule has 5 aromatic rings. The molecule has 5 rings (SSSR count). The van der Waals surface area contributed by atoms with E-state index in [-0.39, 0.29) is 39.7 Å². The summed E-state index contributed by atoms with van der Waals surface area (Å²) in [7, 11) is -1.48. The van der Waals surface area contributed by atoms with E-state index in [0.29, 0.717) is 23.0 Å². The number of hydrogen-bond acceptors (Lipinski definition) is 10. The topological polar surface area (TPSA) is 178 Å². The number of hydrogen-bond donors (Lipinski definition) is 4. The van der Waals surface area contributed by atoms with Crippen LogP contribution in [0.25, 0.3) is 10.8 Å². The Morgan fingerprint density at radius 1 is 0.667 bits per heavy atom. The van der Waals surface area contributed by atoms with Crippen LogP contribution in [-0.2, 0) is 20.3 Å². The molecule has 0 bridgehead atoms. The molecule has 0 aliphatic rings. The number of aromatic hydroxyl groups is 2. The van der Waals surface area contributed by atoms with Crippen molar-refractivity contribution in [1.82, 2.24) is 0 Å². The van der Waals surface area contributed by atoms with E-state index < -0.39 is 32.3 Å². The zero-order chi connectivity index (χ0) is 47.7. The lowest BCUT2D eigenvalue weighted by Gasteiger charge is -2.26. The fourth-order valence-corrected chi connectivity index (χ4v) is 8.86. The number of benzene rings is 5. The minimum Gasteiger partial charge on any atom is -0.508 e. The monoisotopic (exact) mass is 920 g/mol. The van der Waals surface area contributed by atoms with Crippen molar-refractivity contribution in [1.29, 1.82) is 0 Å². The molecule has 354 valence electrons. The number of ether oxygens (including phenoxy) is 1. The van der Waals surface area contributed by atoms with Crippen molar-refractivity contribution in [2.75, 3.05) is 30.9 Å². The SMILES string of the molecule is CCCCCCCCCCCCCCCCCCN(C)c1ccc(S(=O)(=O)O)cc1NC(=O)c1cc(N=Nc2ccc(C(C)(C)c3ccc(O)cc3)cc2C(=O)OC)c2ccccc2c1O. The summed E-state index contributed by atoms with van der Waals surface area (Å²) in [5.41, 5.74) is 2.20. The highest BCUT2D eigenvalue weighted by Crippen LogP contribution is 2.40. The van der Waals surface area contributed by atoms with E-state index in [0.717, 1.165) is 30.4 Å². The fraction of sp³-hybridized carbons (Fsp3) is 0.434. The van der Waals surface area contributed by atoms with E-state index in [1.807, 2.05) is 44.0 Å². The predicted molar refractivity (Wildman–Crippen MR) is 265 cm³/mol. The molecule has 12 nitrogen and oxygen atoms in total. The number of amides is 1. The fourth-order valence-electron chi connectivity index (χ4n) is 8.35. The molecule has 1 amide bonds. The van der Waals surface area contributed by atoms with E-state index >= 15 is 0 Å². The van der Waals surface area contributed by atoms with Gasteiger partial charge in [0.1, 0.15) is 17.2 Å². The van der Waals surface area contributed by atoms with Crippen LogP contribution < -0.4 is 10.2 Å². The van der Waals surface area contributed by atoms with Gasteiger partial charge in [-0.25, -0.2) is 4.79 Å². The lowest BCUT2D eigenvalue weighted by molar-refractivity contribution is 0.0601. The molecule has 0 heterocycles. The van der Waals surface area contributed by atoms with E-state index in [2.05, 4.69) is 22.5 Å². The van der Waals surface area contributed by atoms with Crippen molar-refractivity contribution in [3.8, 4) is 11.5 Å². The number of esters is 1. The number of nitrogens with one attached hydrogen (secondary N) is 1. The first-order valence-corrected chi connectivity index (χ1v) is 24.9. The van der Waals surface area contributed by atoms with Crippen LogP contribution in [0.5, 0.6) is 11.5 Å². The molecule has 0 saturated heterocycles. The van der Waals surface area contributed by atoms with Gasteiger partial charge in [0, 0.05) is 29.8 Å². The van der Waals surface area contributed by atoms with Gasteiger partial charge in [-0.3, -0.25) is 9.35 Å². The van der Waals surface area contributed by atoms with Crippen LogP contribution in [0.15, 0.2) is 106 Å². The predicted octanol–water partition coefficient (Wildman–Crippen LogP) is 14.0. The number of nitrogens with zero attached hydrogens (tertiary/aromatic N) is 3. The number of carbonyl (C=O) groups excluding carboxylic acids is 2. The standard InChI is InChI=1S/C53H68N4O8S/c1-6-7-8-9-10-11-12-13-14-15-16-17-18-19-20-23-34-57(4)49-33-31-41(66(62,63)64)36-48(49)54-51(60)45-37-47(42-24-21-22-25-43(42)50(45)59)56-55-46-32-28-39(35-44(46)52(61)65-5)53(2,3)38-26-29-40(58)30-27-38/h21-22,24-33,35-37,58-59H,6-20,23,34H2,1-5H3,(H,54,60)(H,62,63,64). The molecular formula is C53H68N4O8S. The molecule has 0 radical (unpaired) electrons. The second kappa shape index (κ2) is 24.7. The molecular weight excluding hydrogens is 853 g/mol. The summed E-state index contributed by atoms with van der Waals surface area (Å²) in [5, 5.41) is 33.9. The second-order valence-electron chi connectivity index (χ2n) is 17.8. The minimum absolute atomic E-state index is 0.128. The van der Waals surface area contributed by atoms with Gasteiger partial charge in [0.15, 0.2) is 0 Å². The van der Waals surface area contributed by atoms with Gasteiger partial charge in [-0.2, -0.15) is 8.42 Å². The number of methoxy groups -OCH3 is 1. The minimum atomic E-state index is -4.62. The summed E-state index contributed by atoms with van der Waals surface area (Å²) in [4.78, 5) is 28.8. The number of carbonyl (C=O) groups is 2. The summed E-state index contributed by atoms with van der Waals surface area (Å²) in [6.07, 6.45) is 20.2. The smallest absolute Gasteiger partial charge is 0.340 e. The zero-order valence-corrected chi connectivity index (χ0v) is 40.1. The van der Waals surface area contributed by atoms with Crippen LogP contribution in [0.1, 0.15) is 155 Å². The first-order chi connectivity index (χ1) is 31.6. The Balaban J connectivity index is 1.29. The lowest BCUT2D eigenvalue weighted by atomic mass is 9.77. The Morgan fingerprint density at radius 2 is 1.21 bits per heavy atom. The molecule has 0 fully saturated rings. The van der Waals surface area contributed by atoms with Crippen molar-refractivity contribution in [3.63, 3.8) is 0 Å². The molecule has 0 spiro atoms. The quantitative estimate of drug-likeness (QED) is 0.0182. The Kier molecular flexibility index (Phi) is 19.1. The number of rotatable bonds is 26. The van der Waals surface area contributed by atoms with Crippen LogP contribution in [0.3, 0.4) is 0 Å². The maximum absolute atomic E-state index is 14.2. The Labute approximate surface area is 391 Å². The first kappa shape index (κ1) is 51.2. The van der Waals surface area contributed by atoms with Crippen LogP contribution >= 0.6 is 0 Å². The maximum Gasteiger partial charge on any atom is 0.340 e. The first-order valence-electron chi connectivity index (χ1n) is 23.5. The molecule has 0 unspecified atom stereocenters. The highest BCUT2D eigenvalue weighted by atomic mass is 32.2. The van der Waals surface area contributed by atoms with E-state index in [9.17, 15) is 32.8 Å². The summed E-state index contributed by atoms with van der Waals surface area (Å²) >= 11 is 0. The Hall–Kier alpha value is -5.79. The van der Waals surface area contributed by atoms with Crippen molar-refractivity contribution in [2.45, 2.75) is 134 Å². The van der Waals surface area contributed by atoms with Gasteiger partial charge in [-0.1, -0.05) is 160 Å². The van der Waals surface area contributed by atoms with Crippen molar-refractivity contribution in [2.24, 2.45) is 10.2 Å². The molecule has 0 aliphatic heterocycles. The van der Waals surface area contributed by atoms with Crippen molar-refractivity contribution >= 4 is 55.5 Å². The number of fused-ring (bicyclic) bond motifs is 1. The van der Waals surface area contributed by atoms with Crippen LogP contribution in [-0.4, -0.2) is 55.8 Å². The van der Waals surface area contributed by atoms with Crippen LogP contribution in [0, 0.1) is 0 Å². The highest BCUT2D eigenvalue weighted by Gasteiger charge is 2.26. The van der Waals surface area contributed by atoms with E-state index in [4.69, 9.17) is 4.74 Å². The molecule has 0 atom stereocenters. The molecule has 66 heavy (non-hydrogen) atoms. The van der Waals surface area contributed by atoms with Crippen LogP contribution in [0.2, 0.25) is 0 Å². The zero-order valence-electron chi connectivity index (χ0n) is 39.3. The van der Waals surface area contributed by atoms with Gasteiger partial charge in [0.05, 0.1) is 40.2 Å². The molecule has 0 aliphatic carbocycles. The molecule has 4 N–H and O–H groups in total. The third-order valence-electron chi connectivity index (χ3n) is 12.5. The van der Waals surface area contributed by atoms with Gasteiger partial charge in [-0.05, 0) is 66.1 Å². The van der Waals surface area contributed by atoms with E-state index in [1.165, 1.54) is 109 Å². The molecule has 0 aromatic heterocycles. The molecule has 0 saturated carbocycles. The highest BCUT2D eigenvalue weighted by molar-refractivity contribution is 7.85. The van der Waals surface area contributed by atoms with E-state index in [1.54, 1.807) is 54.6 Å². The van der Waals surface area contributed by atoms with Crippen molar-refractivity contribution < 1.29 is 37.5 Å². The number of unbranched alkanes of at least 4 members (excludes halogenated alkanes) is 15. The average molecular weight is 921 g/mol. The molecule has 5 aromatic carbocycles. The number of phenols is 2. The van der Waals surface area contributed by atoms with Crippen LogP contribution in [0.4, 0.5) is 22.7 Å². The second-order valence-corrected chi connectivity index (χ2v) is 19.2. The summed E-state index contributed by atoms with van der Waals surface area (Å²) in [5.74, 6) is -1.57. The third-order valence-corrected chi connectivity index (χ3v) is 13.3. The van der Waals surface area contributed by atoms with Crippen molar-refractivity contribution in [3.05, 3.63) is 113 Å². The van der Waals surface area contributed by atoms with Gasteiger partial charge in [0.2, 0.25) is 0 Å². The number of anilines is 2. The lowest BCUT2D eigenvalue weighted by Crippen LogP contribution is -2.22. The summed E-state index contributed by atoms with van der Waals surface area (Å²) < 4.78 is 39.6. The van der Waals surface area contributed by atoms with Gasteiger partial charge in [0.25, 0.3) is 16.0 Å². The maximum atomic E-state index is 14.2. The van der Waals surface area contributed by atoms with Gasteiger partial charge < -0.3 is 25.2 Å². The largest absolute Gasteiger partial charge is 0.508 e. The average Bonchev–Trinajstić information content (AvgIpc) is 3.30. The normalized spacial score (nSPS) is 11.9. The Bertz CT molecular complexity index is 2540. The summed E-state index contributed by atoms with van der Waals surface area (Å²) in [6, 6.07) is 24.2. The van der Waals surface area contributed by atoms with Gasteiger partial charge >= 0.3 is 5.97 Å². The molecule has 13 heteroatoms. The number of azo groups is 1. The van der Waals surface area contributed by atoms with Gasteiger partial charge in [-0.15, -0.1) is 10.2 Å².